The van der Waals surface area contributed by atoms with Gasteiger partial charge in [-0.2, -0.15) is 0 Å². The van der Waals surface area contributed by atoms with E-state index in [4.69, 9.17) is 5.11 Å². The number of benzene rings is 2. The van der Waals surface area contributed by atoms with E-state index in [0.29, 0.717) is 12.0 Å². The molecule has 5 nitrogen and oxygen atoms in total. The second kappa shape index (κ2) is 6.41. The molecule has 0 bridgehead atoms. The zero-order valence-corrected chi connectivity index (χ0v) is 12.1. The number of non-ortho nitro benzene ring substituents is 1. The SMILES string of the molecule is CCc1cc(Sc2ccc([N+](=O)[O-])cc2)ccc1C(=O)O. The average Bonchev–Trinajstić information content (AvgIpc) is 2.47. The summed E-state index contributed by atoms with van der Waals surface area (Å²) in [4.78, 5) is 23.0. The molecular weight excluding hydrogens is 290 g/mol. The van der Waals surface area contributed by atoms with Gasteiger partial charge >= 0.3 is 5.97 Å². The molecule has 0 atom stereocenters. The van der Waals surface area contributed by atoms with Crippen LogP contribution in [0.1, 0.15) is 22.8 Å². The molecule has 0 unspecified atom stereocenters. The third-order valence-electron chi connectivity index (χ3n) is 2.97. The number of aromatic carboxylic acids is 1. The van der Waals surface area contributed by atoms with E-state index < -0.39 is 10.9 Å². The summed E-state index contributed by atoms with van der Waals surface area (Å²) in [5.41, 5.74) is 1.13. The van der Waals surface area contributed by atoms with E-state index in [1.165, 1.54) is 23.9 Å². The van der Waals surface area contributed by atoms with Crippen LogP contribution in [-0.2, 0) is 6.42 Å². The molecular formula is C15H13NO4S. The van der Waals surface area contributed by atoms with Crippen molar-refractivity contribution in [3.8, 4) is 0 Å². The number of hydrogen-bond acceptors (Lipinski definition) is 4. The Hall–Kier alpha value is -2.34. The first kappa shape index (κ1) is 15.1. The van der Waals surface area contributed by atoms with Gasteiger partial charge in [0, 0.05) is 21.9 Å². The Labute approximate surface area is 125 Å². The van der Waals surface area contributed by atoms with Crippen LogP contribution < -0.4 is 0 Å². The zero-order chi connectivity index (χ0) is 15.4. The van der Waals surface area contributed by atoms with Crippen molar-refractivity contribution in [3.63, 3.8) is 0 Å². The quantitative estimate of drug-likeness (QED) is 0.667. The lowest BCUT2D eigenvalue weighted by Crippen LogP contribution is -2.01. The second-order valence-corrected chi connectivity index (χ2v) is 5.48. The Kier molecular flexibility index (Phi) is 4.59. The maximum absolute atomic E-state index is 11.1. The van der Waals surface area contributed by atoms with Crippen molar-refractivity contribution in [2.24, 2.45) is 0 Å². The van der Waals surface area contributed by atoms with Crippen LogP contribution in [0, 0.1) is 10.1 Å². The number of aryl methyl sites for hydroxylation is 1. The number of carboxylic acids is 1. The molecule has 6 heteroatoms. The molecule has 0 aromatic heterocycles. The minimum atomic E-state index is -0.932. The summed E-state index contributed by atoms with van der Waals surface area (Å²) in [7, 11) is 0. The molecule has 0 aliphatic rings. The van der Waals surface area contributed by atoms with Gasteiger partial charge < -0.3 is 5.11 Å². The number of nitro groups is 1. The maximum atomic E-state index is 11.1. The van der Waals surface area contributed by atoms with Gasteiger partial charge in [0.1, 0.15) is 0 Å². The van der Waals surface area contributed by atoms with Crippen molar-refractivity contribution in [1.29, 1.82) is 0 Å². The van der Waals surface area contributed by atoms with Crippen molar-refractivity contribution in [3.05, 3.63) is 63.7 Å². The van der Waals surface area contributed by atoms with E-state index in [-0.39, 0.29) is 5.69 Å². The molecule has 0 aliphatic carbocycles. The molecule has 0 spiro atoms. The smallest absolute Gasteiger partial charge is 0.335 e. The fraction of sp³-hybridized carbons (Fsp3) is 0.133. The van der Waals surface area contributed by atoms with Crippen LogP contribution in [0.15, 0.2) is 52.3 Å². The fourth-order valence-electron chi connectivity index (χ4n) is 1.91. The van der Waals surface area contributed by atoms with Crippen LogP contribution in [0.5, 0.6) is 0 Å². The van der Waals surface area contributed by atoms with E-state index in [9.17, 15) is 14.9 Å². The summed E-state index contributed by atoms with van der Waals surface area (Å²) < 4.78 is 0. The normalized spacial score (nSPS) is 10.3. The molecule has 0 aliphatic heterocycles. The lowest BCUT2D eigenvalue weighted by Gasteiger charge is -2.07. The van der Waals surface area contributed by atoms with Gasteiger partial charge in [-0.05, 0) is 42.3 Å². The molecule has 0 radical (unpaired) electrons. The van der Waals surface area contributed by atoms with Crippen molar-refractivity contribution in [2.45, 2.75) is 23.1 Å². The Morgan fingerprint density at radius 2 is 1.81 bits per heavy atom. The monoisotopic (exact) mass is 303 g/mol. The molecule has 21 heavy (non-hydrogen) atoms. The van der Waals surface area contributed by atoms with Gasteiger partial charge in [0.25, 0.3) is 5.69 Å². The van der Waals surface area contributed by atoms with Crippen LogP contribution in [0.25, 0.3) is 0 Å². The number of carbonyl (C=O) groups is 1. The number of rotatable bonds is 5. The van der Waals surface area contributed by atoms with Crippen molar-refractivity contribution in [1.82, 2.24) is 0 Å². The Morgan fingerprint density at radius 1 is 1.19 bits per heavy atom. The van der Waals surface area contributed by atoms with Gasteiger partial charge in [-0.1, -0.05) is 18.7 Å². The summed E-state index contributed by atoms with van der Waals surface area (Å²) in [6, 6.07) is 11.4. The van der Waals surface area contributed by atoms with Crippen LogP contribution in [0.4, 0.5) is 5.69 Å². The minimum absolute atomic E-state index is 0.0508. The van der Waals surface area contributed by atoms with Crippen LogP contribution in [-0.4, -0.2) is 16.0 Å². The molecule has 108 valence electrons. The largest absolute Gasteiger partial charge is 0.478 e. The lowest BCUT2D eigenvalue weighted by atomic mass is 10.1. The first-order chi connectivity index (χ1) is 10.0. The van der Waals surface area contributed by atoms with Crippen LogP contribution in [0.3, 0.4) is 0 Å². The highest BCUT2D eigenvalue weighted by molar-refractivity contribution is 7.99. The van der Waals surface area contributed by atoms with Crippen molar-refractivity contribution < 1.29 is 14.8 Å². The standard InChI is InChI=1S/C15H13NO4S/c1-2-10-9-13(7-8-14(10)15(17)18)21-12-5-3-11(4-6-12)16(19)20/h3-9H,2H2,1H3,(H,17,18). The molecule has 1 N–H and O–H groups in total. The third kappa shape index (κ3) is 3.61. The van der Waals surface area contributed by atoms with Gasteiger partial charge in [-0.25, -0.2) is 4.79 Å². The summed E-state index contributed by atoms with van der Waals surface area (Å²) in [5.74, 6) is -0.932. The first-order valence-electron chi connectivity index (χ1n) is 6.29. The summed E-state index contributed by atoms with van der Waals surface area (Å²) in [6.07, 6.45) is 0.635. The van der Waals surface area contributed by atoms with E-state index in [1.54, 1.807) is 24.3 Å². The number of hydrogen-bond donors (Lipinski definition) is 1. The Morgan fingerprint density at radius 3 is 2.33 bits per heavy atom. The van der Waals surface area contributed by atoms with Gasteiger partial charge in [0.15, 0.2) is 0 Å². The minimum Gasteiger partial charge on any atom is -0.478 e. The topological polar surface area (TPSA) is 80.4 Å². The maximum Gasteiger partial charge on any atom is 0.335 e. The molecule has 2 rings (SSSR count). The predicted molar refractivity (Wildman–Crippen MR) is 80.0 cm³/mol. The molecule has 2 aromatic carbocycles. The van der Waals surface area contributed by atoms with Gasteiger partial charge in [0.05, 0.1) is 10.5 Å². The summed E-state index contributed by atoms with van der Waals surface area (Å²) >= 11 is 1.44. The highest BCUT2D eigenvalue weighted by Gasteiger charge is 2.10. The van der Waals surface area contributed by atoms with Crippen molar-refractivity contribution in [2.75, 3.05) is 0 Å². The Bertz CT molecular complexity index is 683. The lowest BCUT2D eigenvalue weighted by molar-refractivity contribution is -0.384. The second-order valence-electron chi connectivity index (χ2n) is 4.33. The number of nitrogens with zero attached hydrogens (tertiary/aromatic N) is 1. The average molecular weight is 303 g/mol. The third-order valence-corrected chi connectivity index (χ3v) is 3.97. The fourth-order valence-corrected chi connectivity index (χ4v) is 2.79. The molecule has 0 saturated heterocycles. The molecule has 0 heterocycles. The number of carboxylic acid groups (broad SMARTS) is 1. The van der Waals surface area contributed by atoms with Crippen molar-refractivity contribution >= 4 is 23.4 Å². The molecule has 0 amide bonds. The van der Waals surface area contributed by atoms with E-state index in [2.05, 4.69) is 0 Å². The first-order valence-corrected chi connectivity index (χ1v) is 7.11. The Balaban J connectivity index is 2.23. The number of nitro benzene ring substituents is 1. The molecule has 2 aromatic rings. The van der Waals surface area contributed by atoms with E-state index in [1.807, 2.05) is 13.0 Å². The highest BCUT2D eigenvalue weighted by atomic mass is 32.2. The highest BCUT2D eigenvalue weighted by Crippen LogP contribution is 2.30. The molecule has 0 saturated carbocycles. The van der Waals surface area contributed by atoms with Crippen LogP contribution in [0.2, 0.25) is 0 Å². The molecule has 0 fully saturated rings. The summed E-state index contributed by atoms with van der Waals surface area (Å²) in [6.45, 7) is 1.90. The predicted octanol–water partition coefficient (Wildman–Crippen LogP) is 4.01. The van der Waals surface area contributed by atoms with Crippen LogP contribution >= 0.6 is 11.8 Å². The zero-order valence-electron chi connectivity index (χ0n) is 11.3. The van der Waals surface area contributed by atoms with Gasteiger partial charge in [0.2, 0.25) is 0 Å². The summed E-state index contributed by atoms with van der Waals surface area (Å²) in [5, 5.41) is 19.7. The van der Waals surface area contributed by atoms with E-state index >= 15 is 0 Å². The van der Waals surface area contributed by atoms with Gasteiger partial charge in [-0.15, -0.1) is 0 Å². The van der Waals surface area contributed by atoms with E-state index in [0.717, 1.165) is 15.4 Å². The van der Waals surface area contributed by atoms with Gasteiger partial charge in [-0.3, -0.25) is 10.1 Å².